The Bertz CT molecular complexity index is 1110. The number of nitrogens with one attached hydrogen (secondary N) is 2. The van der Waals surface area contributed by atoms with E-state index in [0.29, 0.717) is 23.5 Å². The SMILES string of the molecule is CCCCCCN(C(=O)C(NC(=O)OC(C)(C)C)C(C)C)C(C(=O)Nc1ccc(OC)cc1)c1ccc(CC)cc1. The molecule has 2 N–H and O–H groups in total. The number of aryl methyl sites for hydroxylation is 1. The third-order valence-corrected chi connectivity index (χ3v) is 6.76. The van der Waals surface area contributed by atoms with E-state index in [4.69, 9.17) is 9.47 Å². The molecule has 3 amide bonds. The van der Waals surface area contributed by atoms with Gasteiger partial charge in [0.2, 0.25) is 5.91 Å². The van der Waals surface area contributed by atoms with Crippen LogP contribution in [0.3, 0.4) is 0 Å². The number of hydrogen-bond acceptors (Lipinski definition) is 5. The summed E-state index contributed by atoms with van der Waals surface area (Å²) in [7, 11) is 1.59. The summed E-state index contributed by atoms with van der Waals surface area (Å²) in [6.45, 7) is 13.6. The number of alkyl carbamates (subject to hydrolysis) is 1. The van der Waals surface area contributed by atoms with Gasteiger partial charge in [-0.3, -0.25) is 9.59 Å². The highest BCUT2D eigenvalue weighted by Crippen LogP contribution is 2.27. The van der Waals surface area contributed by atoms with Gasteiger partial charge in [-0.1, -0.05) is 71.2 Å². The van der Waals surface area contributed by atoms with Crippen molar-refractivity contribution in [2.24, 2.45) is 5.92 Å². The molecule has 41 heavy (non-hydrogen) atoms. The molecule has 0 saturated carbocycles. The highest BCUT2D eigenvalue weighted by atomic mass is 16.6. The van der Waals surface area contributed by atoms with E-state index in [2.05, 4.69) is 24.5 Å². The molecule has 8 nitrogen and oxygen atoms in total. The number of rotatable bonds is 14. The van der Waals surface area contributed by atoms with E-state index in [-0.39, 0.29) is 17.7 Å². The lowest BCUT2D eigenvalue weighted by Gasteiger charge is -2.35. The van der Waals surface area contributed by atoms with Crippen molar-refractivity contribution in [3.8, 4) is 5.75 Å². The van der Waals surface area contributed by atoms with E-state index >= 15 is 0 Å². The first kappa shape index (κ1) is 33.7. The van der Waals surface area contributed by atoms with Gasteiger partial charge in [-0.2, -0.15) is 0 Å². The summed E-state index contributed by atoms with van der Waals surface area (Å²) in [5, 5.41) is 5.78. The molecule has 0 bridgehead atoms. The largest absolute Gasteiger partial charge is 0.497 e. The first-order valence-electron chi connectivity index (χ1n) is 14.7. The van der Waals surface area contributed by atoms with Gasteiger partial charge in [-0.05, 0) is 74.9 Å². The minimum absolute atomic E-state index is 0.235. The topological polar surface area (TPSA) is 97.0 Å². The molecule has 0 saturated heterocycles. The van der Waals surface area contributed by atoms with Crippen LogP contribution in [-0.2, 0) is 20.7 Å². The number of nitrogens with zero attached hydrogens (tertiary/aromatic N) is 1. The van der Waals surface area contributed by atoms with Crippen LogP contribution in [0.2, 0.25) is 0 Å². The Hall–Kier alpha value is -3.55. The fourth-order valence-electron chi connectivity index (χ4n) is 4.50. The lowest BCUT2D eigenvalue weighted by molar-refractivity contribution is -0.141. The second-order valence-corrected chi connectivity index (χ2v) is 11.7. The summed E-state index contributed by atoms with van der Waals surface area (Å²) in [4.78, 5) is 42.7. The summed E-state index contributed by atoms with van der Waals surface area (Å²) in [5.74, 6) is -0.212. The Balaban J connectivity index is 2.52. The van der Waals surface area contributed by atoms with Gasteiger partial charge in [-0.25, -0.2) is 4.79 Å². The Morgan fingerprint density at radius 1 is 0.902 bits per heavy atom. The Kier molecular flexibility index (Phi) is 13.2. The number of anilines is 1. The molecular formula is C33H49N3O5. The molecule has 0 fully saturated rings. The van der Waals surface area contributed by atoms with Gasteiger partial charge in [-0.15, -0.1) is 0 Å². The smallest absolute Gasteiger partial charge is 0.408 e. The monoisotopic (exact) mass is 567 g/mol. The fraction of sp³-hybridized carbons (Fsp3) is 0.545. The summed E-state index contributed by atoms with van der Waals surface area (Å²) in [6, 6.07) is 13.1. The van der Waals surface area contributed by atoms with Gasteiger partial charge in [0.15, 0.2) is 0 Å². The van der Waals surface area contributed by atoms with Crippen LogP contribution in [0.15, 0.2) is 48.5 Å². The highest BCUT2D eigenvalue weighted by Gasteiger charge is 2.37. The first-order chi connectivity index (χ1) is 19.4. The van der Waals surface area contributed by atoms with Gasteiger partial charge in [0, 0.05) is 12.2 Å². The predicted octanol–water partition coefficient (Wildman–Crippen LogP) is 6.90. The van der Waals surface area contributed by atoms with Crippen LogP contribution >= 0.6 is 0 Å². The third-order valence-electron chi connectivity index (χ3n) is 6.76. The van der Waals surface area contributed by atoms with Crippen LogP contribution in [-0.4, -0.2) is 48.1 Å². The van der Waals surface area contributed by atoms with E-state index in [9.17, 15) is 14.4 Å². The van der Waals surface area contributed by atoms with Crippen LogP contribution in [0.1, 0.15) is 91.3 Å². The average molecular weight is 568 g/mol. The predicted molar refractivity (Wildman–Crippen MR) is 164 cm³/mol. The van der Waals surface area contributed by atoms with Crippen molar-refractivity contribution in [1.82, 2.24) is 10.2 Å². The zero-order valence-corrected chi connectivity index (χ0v) is 26.1. The van der Waals surface area contributed by atoms with E-state index in [1.807, 2.05) is 38.1 Å². The maximum absolute atomic E-state index is 14.3. The van der Waals surface area contributed by atoms with Crippen LogP contribution in [0.25, 0.3) is 0 Å². The first-order valence-corrected chi connectivity index (χ1v) is 14.7. The van der Waals surface area contributed by atoms with Gasteiger partial charge in [0.25, 0.3) is 5.91 Å². The average Bonchev–Trinajstić information content (AvgIpc) is 2.92. The Morgan fingerprint density at radius 3 is 2.05 bits per heavy atom. The number of methoxy groups -OCH3 is 1. The molecule has 0 heterocycles. The summed E-state index contributed by atoms with van der Waals surface area (Å²) in [6.07, 6.45) is 3.92. The lowest BCUT2D eigenvalue weighted by atomic mass is 9.97. The molecule has 2 atom stereocenters. The number of hydrogen-bond donors (Lipinski definition) is 2. The molecule has 226 valence electrons. The molecule has 2 unspecified atom stereocenters. The fourth-order valence-corrected chi connectivity index (χ4v) is 4.50. The van der Waals surface area contributed by atoms with Crippen molar-refractivity contribution < 1.29 is 23.9 Å². The molecule has 2 rings (SSSR count). The molecule has 8 heteroatoms. The Morgan fingerprint density at radius 2 is 1.54 bits per heavy atom. The molecule has 0 aromatic heterocycles. The molecule has 0 radical (unpaired) electrons. The number of carbonyl (C=O) groups excluding carboxylic acids is 3. The standard InChI is InChI=1S/C33H49N3O5/c1-9-11-12-13-22-36(31(38)28(23(3)4)35-32(39)41-33(5,6)7)29(25-16-14-24(10-2)15-17-25)30(37)34-26-18-20-27(40-8)21-19-26/h14-21,23,28-29H,9-13,22H2,1-8H3,(H,34,37)(H,35,39). The van der Waals surface area contributed by atoms with E-state index < -0.39 is 23.8 Å². The number of unbranched alkanes of at least 4 members (excludes halogenated alkanes) is 3. The quantitative estimate of drug-likeness (QED) is 0.242. The van der Waals surface area contributed by atoms with Crippen LogP contribution < -0.4 is 15.4 Å². The van der Waals surface area contributed by atoms with Crippen LogP contribution in [0.5, 0.6) is 5.75 Å². The number of ether oxygens (including phenoxy) is 2. The molecule has 2 aromatic rings. The molecular weight excluding hydrogens is 518 g/mol. The Labute approximate surface area is 246 Å². The van der Waals surface area contributed by atoms with Crippen molar-refractivity contribution in [1.29, 1.82) is 0 Å². The second kappa shape index (κ2) is 16.0. The van der Waals surface area contributed by atoms with E-state index in [0.717, 1.165) is 37.7 Å². The zero-order valence-electron chi connectivity index (χ0n) is 26.1. The van der Waals surface area contributed by atoms with Crippen molar-refractivity contribution in [3.63, 3.8) is 0 Å². The van der Waals surface area contributed by atoms with Crippen molar-refractivity contribution in [3.05, 3.63) is 59.7 Å². The highest BCUT2D eigenvalue weighted by molar-refractivity contribution is 5.99. The zero-order chi connectivity index (χ0) is 30.6. The molecule has 0 spiro atoms. The summed E-state index contributed by atoms with van der Waals surface area (Å²) < 4.78 is 10.7. The number of amides is 3. The minimum Gasteiger partial charge on any atom is -0.497 e. The molecule has 0 aliphatic carbocycles. The van der Waals surface area contributed by atoms with E-state index in [1.165, 1.54) is 0 Å². The minimum atomic E-state index is -0.904. The molecule has 2 aromatic carbocycles. The van der Waals surface area contributed by atoms with Crippen molar-refractivity contribution in [2.45, 2.75) is 98.3 Å². The van der Waals surface area contributed by atoms with Crippen LogP contribution in [0.4, 0.5) is 10.5 Å². The summed E-state index contributed by atoms with van der Waals surface area (Å²) >= 11 is 0. The summed E-state index contributed by atoms with van der Waals surface area (Å²) in [5.41, 5.74) is 1.72. The number of benzene rings is 2. The van der Waals surface area contributed by atoms with Crippen molar-refractivity contribution in [2.75, 3.05) is 19.0 Å². The van der Waals surface area contributed by atoms with Crippen molar-refractivity contribution >= 4 is 23.6 Å². The second-order valence-electron chi connectivity index (χ2n) is 11.7. The third kappa shape index (κ3) is 10.7. The van der Waals surface area contributed by atoms with Gasteiger partial charge in [0.1, 0.15) is 23.4 Å². The molecule has 0 aliphatic rings. The lowest BCUT2D eigenvalue weighted by Crippen LogP contribution is -2.54. The van der Waals surface area contributed by atoms with Crippen LogP contribution in [0, 0.1) is 5.92 Å². The molecule has 0 aliphatic heterocycles. The maximum Gasteiger partial charge on any atom is 0.408 e. The van der Waals surface area contributed by atoms with Gasteiger partial charge in [0.05, 0.1) is 7.11 Å². The normalized spacial score (nSPS) is 12.8. The number of carbonyl (C=O) groups is 3. The maximum atomic E-state index is 14.3. The van der Waals surface area contributed by atoms with Gasteiger partial charge < -0.3 is 25.0 Å². The van der Waals surface area contributed by atoms with E-state index in [1.54, 1.807) is 57.0 Å². The van der Waals surface area contributed by atoms with Gasteiger partial charge >= 0.3 is 6.09 Å².